The summed E-state index contributed by atoms with van der Waals surface area (Å²) in [6.07, 6.45) is 1.33. The van der Waals surface area contributed by atoms with Crippen LogP contribution in [0.15, 0.2) is 30.3 Å². The van der Waals surface area contributed by atoms with E-state index in [1.165, 1.54) is 6.16 Å². The molecule has 1 aromatic carbocycles. The Morgan fingerprint density at radius 1 is 1.08 bits per heavy atom. The molecule has 1 heteroatoms. The maximum atomic E-state index is 2.36. The monoisotopic (exact) mass is 183 g/mol. The summed E-state index contributed by atoms with van der Waals surface area (Å²) in [5, 5.41) is 1.55. The van der Waals surface area contributed by atoms with Crippen LogP contribution in [-0.2, 0) is 0 Å². The first-order valence-corrected chi connectivity index (χ1v) is 6.93. The van der Waals surface area contributed by atoms with Gasteiger partial charge in [0.05, 0.1) is 18.1 Å². The van der Waals surface area contributed by atoms with Gasteiger partial charge in [-0.3, -0.25) is 0 Å². The van der Waals surface area contributed by atoms with Gasteiger partial charge in [0, 0.05) is 7.92 Å². The Morgan fingerprint density at radius 3 is 2.00 bits per heavy atom. The number of hydrogen-bond acceptors (Lipinski definition) is 0. The zero-order valence-corrected chi connectivity index (χ0v) is 9.59. The van der Waals surface area contributed by atoms with Gasteiger partial charge < -0.3 is 0 Å². The van der Waals surface area contributed by atoms with Crippen molar-refractivity contribution in [2.45, 2.75) is 20.8 Å². The lowest BCUT2D eigenvalue weighted by Crippen LogP contribution is -1.98. The Bertz CT molecular complexity index is 181. The average Bonchev–Trinajstić information content (AvgIpc) is 2.21. The molecule has 1 rings (SSSR count). The third-order valence-corrected chi connectivity index (χ3v) is 4.18. The Hall–Kier alpha value is -0.350. The van der Waals surface area contributed by atoms with Crippen LogP contribution in [0.25, 0.3) is 0 Å². The first kappa shape index (κ1) is 11.6. The standard InChI is InChI=1S/C9H13P.C2H6/c1-3-10(2)9-7-5-4-6-8-9;1-2/h4-8H,3H2,1-2H3;1-2H3/p+1. The van der Waals surface area contributed by atoms with E-state index in [0.29, 0.717) is 0 Å². The van der Waals surface area contributed by atoms with Gasteiger partial charge in [-0.25, -0.2) is 0 Å². The van der Waals surface area contributed by atoms with Gasteiger partial charge in [0.1, 0.15) is 0 Å². The molecule has 0 bridgehead atoms. The van der Waals surface area contributed by atoms with E-state index in [9.17, 15) is 0 Å². The molecule has 1 atom stereocenters. The number of hydrogen-bond donors (Lipinski definition) is 0. The van der Waals surface area contributed by atoms with Crippen molar-refractivity contribution in [2.75, 3.05) is 12.8 Å². The molecule has 68 valence electrons. The van der Waals surface area contributed by atoms with E-state index < -0.39 is 0 Å². The van der Waals surface area contributed by atoms with Gasteiger partial charge in [0.15, 0.2) is 0 Å². The van der Waals surface area contributed by atoms with Crippen molar-refractivity contribution in [1.82, 2.24) is 0 Å². The van der Waals surface area contributed by atoms with Gasteiger partial charge >= 0.3 is 0 Å². The minimum Gasteiger partial charge on any atom is -0.0683 e. The Morgan fingerprint density at radius 2 is 1.58 bits per heavy atom. The smallest absolute Gasteiger partial charge is 0.0683 e. The zero-order chi connectivity index (χ0) is 9.40. The van der Waals surface area contributed by atoms with E-state index in [1.807, 2.05) is 13.8 Å². The molecule has 0 aliphatic carbocycles. The van der Waals surface area contributed by atoms with Crippen LogP contribution in [0, 0.1) is 0 Å². The number of benzene rings is 1. The van der Waals surface area contributed by atoms with Crippen molar-refractivity contribution in [1.29, 1.82) is 0 Å². The van der Waals surface area contributed by atoms with Crippen LogP contribution >= 0.6 is 7.92 Å². The van der Waals surface area contributed by atoms with E-state index in [-0.39, 0.29) is 7.92 Å². The highest BCUT2D eigenvalue weighted by Crippen LogP contribution is 2.27. The van der Waals surface area contributed by atoms with Crippen molar-refractivity contribution in [3.63, 3.8) is 0 Å². The van der Waals surface area contributed by atoms with Gasteiger partial charge in [0.25, 0.3) is 0 Å². The molecule has 1 unspecified atom stereocenters. The van der Waals surface area contributed by atoms with E-state index in [4.69, 9.17) is 0 Å². The zero-order valence-electron chi connectivity index (χ0n) is 8.59. The summed E-state index contributed by atoms with van der Waals surface area (Å²) in [6.45, 7) is 8.63. The van der Waals surface area contributed by atoms with Crippen LogP contribution in [0.5, 0.6) is 0 Å². The molecule has 0 saturated heterocycles. The first-order valence-electron chi connectivity index (χ1n) is 4.72. The fourth-order valence-corrected chi connectivity index (χ4v) is 2.10. The van der Waals surface area contributed by atoms with Crippen LogP contribution in [0.2, 0.25) is 0 Å². The van der Waals surface area contributed by atoms with Crippen molar-refractivity contribution >= 4 is 13.2 Å². The molecule has 0 aliphatic rings. The van der Waals surface area contributed by atoms with Gasteiger partial charge in [-0.15, -0.1) is 0 Å². The van der Waals surface area contributed by atoms with Crippen LogP contribution < -0.4 is 5.30 Å². The fraction of sp³-hybridized carbons (Fsp3) is 0.455. The SMILES string of the molecule is CC.CC[PH+](C)c1ccccc1. The predicted octanol–water partition coefficient (Wildman–Crippen LogP) is 3.20. The van der Waals surface area contributed by atoms with Crippen LogP contribution in [0.1, 0.15) is 20.8 Å². The lowest BCUT2D eigenvalue weighted by Gasteiger charge is -1.99. The Labute approximate surface area is 77.8 Å². The van der Waals surface area contributed by atoms with Crippen LogP contribution in [0.4, 0.5) is 0 Å². The molecule has 0 nitrogen and oxygen atoms in total. The lowest BCUT2D eigenvalue weighted by molar-refractivity contribution is 1.50. The van der Waals surface area contributed by atoms with Crippen molar-refractivity contribution in [3.8, 4) is 0 Å². The largest absolute Gasteiger partial charge is 0.0911 e. The molecule has 0 aromatic heterocycles. The Balaban J connectivity index is 0.000000561. The molecule has 0 N–H and O–H groups in total. The molecular weight excluding hydrogens is 163 g/mol. The summed E-state index contributed by atoms with van der Waals surface area (Å²) in [4.78, 5) is 0. The molecule has 0 saturated carbocycles. The second kappa shape index (κ2) is 7.31. The highest BCUT2D eigenvalue weighted by Gasteiger charge is 2.06. The molecule has 0 aliphatic heterocycles. The molecule has 0 amide bonds. The van der Waals surface area contributed by atoms with E-state index >= 15 is 0 Å². The molecule has 0 spiro atoms. The molecule has 0 fully saturated rings. The van der Waals surface area contributed by atoms with Gasteiger partial charge in [-0.05, 0) is 19.1 Å². The number of rotatable bonds is 2. The molecular formula is C11H20P+. The average molecular weight is 183 g/mol. The summed E-state index contributed by atoms with van der Waals surface area (Å²) in [7, 11) is -0.207. The summed E-state index contributed by atoms with van der Waals surface area (Å²) >= 11 is 0. The topological polar surface area (TPSA) is 0 Å². The predicted molar refractivity (Wildman–Crippen MR) is 62.2 cm³/mol. The highest BCUT2D eigenvalue weighted by molar-refractivity contribution is 7.64. The maximum Gasteiger partial charge on any atom is 0.0911 e. The minimum absolute atomic E-state index is 0.207. The minimum atomic E-state index is -0.207. The van der Waals surface area contributed by atoms with Crippen molar-refractivity contribution in [2.24, 2.45) is 0 Å². The fourth-order valence-electron chi connectivity index (χ4n) is 0.927. The molecule has 0 heterocycles. The Kier molecular flexibility index (Phi) is 7.09. The normalized spacial score (nSPS) is 11.3. The maximum absolute atomic E-state index is 2.36. The highest BCUT2D eigenvalue weighted by atomic mass is 31.1. The summed E-state index contributed by atoms with van der Waals surface area (Å²) in [6, 6.07) is 10.8. The lowest BCUT2D eigenvalue weighted by atomic mass is 10.4. The summed E-state index contributed by atoms with van der Waals surface area (Å²) in [5.41, 5.74) is 0. The molecule has 0 radical (unpaired) electrons. The van der Waals surface area contributed by atoms with E-state index in [0.717, 1.165) is 0 Å². The molecule has 12 heavy (non-hydrogen) atoms. The van der Waals surface area contributed by atoms with E-state index in [2.05, 4.69) is 43.9 Å². The van der Waals surface area contributed by atoms with Gasteiger partial charge in [-0.2, -0.15) is 0 Å². The van der Waals surface area contributed by atoms with E-state index in [1.54, 1.807) is 5.30 Å². The van der Waals surface area contributed by atoms with Crippen LogP contribution in [0.3, 0.4) is 0 Å². The quantitative estimate of drug-likeness (QED) is 0.618. The van der Waals surface area contributed by atoms with Gasteiger partial charge in [0.2, 0.25) is 0 Å². The second-order valence-corrected chi connectivity index (χ2v) is 5.35. The summed E-state index contributed by atoms with van der Waals surface area (Å²) in [5.74, 6) is 0. The summed E-state index contributed by atoms with van der Waals surface area (Å²) < 4.78 is 0. The van der Waals surface area contributed by atoms with Crippen molar-refractivity contribution in [3.05, 3.63) is 30.3 Å². The second-order valence-electron chi connectivity index (χ2n) is 2.50. The van der Waals surface area contributed by atoms with Crippen molar-refractivity contribution < 1.29 is 0 Å². The van der Waals surface area contributed by atoms with Gasteiger partial charge in [-0.1, -0.05) is 32.0 Å². The third-order valence-electron chi connectivity index (χ3n) is 1.80. The van der Waals surface area contributed by atoms with Crippen LogP contribution in [-0.4, -0.2) is 12.8 Å². The third kappa shape index (κ3) is 3.88. The first-order chi connectivity index (χ1) is 5.84. The molecule has 1 aromatic rings.